The molecule has 23 heavy (non-hydrogen) atoms. The van der Waals surface area contributed by atoms with Gasteiger partial charge in [0.2, 0.25) is 0 Å². The summed E-state index contributed by atoms with van der Waals surface area (Å²) < 4.78 is 10.6. The van der Waals surface area contributed by atoms with E-state index in [1.54, 1.807) is 13.2 Å². The van der Waals surface area contributed by atoms with Crippen molar-refractivity contribution in [1.82, 2.24) is 10.1 Å². The maximum atomic E-state index is 10.3. The summed E-state index contributed by atoms with van der Waals surface area (Å²) in [7, 11) is 1.57. The first-order valence-electron chi connectivity index (χ1n) is 8.27. The molecule has 0 aliphatic carbocycles. The Morgan fingerprint density at radius 1 is 1.43 bits per heavy atom. The summed E-state index contributed by atoms with van der Waals surface area (Å²) in [6, 6.07) is 7.97. The van der Waals surface area contributed by atoms with E-state index in [1.165, 1.54) is 0 Å². The lowest BCUT2D eigenvalue weighted by Crippen LogP contribution is -2.23. The van der Waals surface area contributed by atoms with Crippen molar-refractivity contribution in [3.63, 3.8) is 0 Å². The average molecular weight is 316 g/mol. The number of phenolic OH excluding ortho intramolecular Hbond substituents is 1. The molecule has 0 amide bonds. The van der Waals surface area contributed by atoms with Crippen molar-refractivity contribution in [3.05, 3.63) is 41.3 Å². The monoisotopic (exact) mass is 316 g/mol. The summed E-state index contributed by atoms with van der Waals surface area (Å²) in [5.41, 5.74) is 1.89. The standard InChI is InChI=1S/C18H24N2O3/c1-3-6-14-11-15(19-23-14)16-8-5-10-20(16)12-13-7-4-9-17(22-2)18(13)21/h4,7,9,11,16,21H,3,5-6,8,10,12H2,1-2H3. The van der Waals surface area contributed by atoms with Crippen molar-refractivity contribution < 1.29 is 14.4 Å². The largest absolute Gasteiger partial charge is 0.504 e. The van der Waals surface area contributed by atoms with E-state index < -0.39 is 0 Å². The third-order valence-electron chi connectivity index (χ3n) is 4.45. The summed E-state index contributed by atoms with van der Waals surface area (Å²) in [5, 5.41) is 14.6. The van der Waals surface area contributed by atoms with Gasteiger partial charge in [0, 0.05) is 24.6 Å². The molecule has 0 saturated carbocycles. The molecule has 124 valence electrons. The average Bonchev–Trinajstić information content (AvgIpc) is 3.19. The van der Waals surface area contributed by atoms with E-state index in [9.17, 15) is 5.11 Å². The summed E-state index contributed by atoms with van der Waals surface area (Å²) in [6.45, 7) is 3.82. The van der Waals surface area contributed by atoms with Crippen molar-refractivity contribution >= 4 is 0 Å². The molecule has 1 aliphatic rings. The van der Waals surface area contributed by atoms with Gasteiger partial charge in [-0.2, -0.15) is 0 Å². The van der Waals surface area contributed by atoms with E-state index in [0.29, 0.717) is 12.3 Å². The molecule has 0 spiro atoms. The number of benzene rings is 1. The number of hydrogen-bond acceptors (Lipinski definition) is 5. The first-order chi connectivity index (χ1) is 11.2. The number of likely N-dealkylation sites (tertiary alicyclic amines) is 1. The first-order valence-corrected chi connectivity index (χ1v) is 8.27. The van der Waals surface area contributed by atoms with Gasteiger partial charge in [-0.05, 0) is 31.9 Å². The zero-order valence-corrected chi connectivity index (χ0v) is 13.8. The zero-order chi connectivity index (χ0) is 16.2. The number of methoxy groups -OCH3 is 1. The van der Waals surface area contributed by atoms with Gasteiger partial charge in [0.15, 0.2) is 11.5 Å². The van der Waals surface area contributed by atoms with Crippen molar-refractivity contribution in [2.45, 2.75) is 45.2 Å². The number of phenols is 1. The third-order valence-corrected chi connectivity index (χ3v) is 4.45. The number of hydrogen-bond donors (Lipinski definition) is 1. The van der Waals surface area contributed by atoms with Crippen LogP contribution < -0.4 is 4.74 Å². The molecular formula is C18H24N2O3. The number of nitrogens with zero attached hydrogens (tertiary/aromatic N) is 2. The van der Waals surface area contributed by atoms with Crippen LogP contribution in [-0.2, 0) is 13.0 Å². The molecule has 0 bridgehead atoms. The summed E-state index contributed by atoms with van der Waals surface area (Å²) in [5.74, 6) is 1.70. The molecule has 1 saturated heterocycles. The summed E-state index contributed by atoms with van der Waals surface area (Å²) >= 11 is 0. The van der Waals surface area contributed by atoms with E-state index in [1.807, 2.05) is 12.1 Å². The van der Waals surface area contributed by atoms with Crippen LogP contribution in [0.3, 0.4) is 0 Å². The van der Waals surface area contributed by atoms with Crippen LogP contribution in [-0.4, -0.2) is 28.8 Å². The second-order valence-electron chi connectivity index (χ2n) is 6.06. The topological polar surface area (TPSA) is 58.7 Å². The first kappa shape index (κ1) is 15.9. The van der Waals surface area contributed by atoms with Crippen LogP contribution >= 0.6 is 0 Å². The predicted octanol–water partition coefficient (Wildman–Crippen LogP) is 3.68. The van der Waals surface area contributed by atoms with Gasteiger partial charge < -0.3 is 14.4 Å². The lowest BCUT2D eigenvalue weighted by molar-refractivity contribution is 0.232. The maximum absolute atomic E-state index is 10.3. The SMILES string of the molecule is CCCc1cc(C2CCCN2Cc2cccc(OC)c2O)no1. The normalized spacial score (nSPS) is 18.4. The van der Waals surface area contributed by atoms with Gasteiger partial charge in [-0.1, -0.05) is 24.2 Å². The molecular weight excluding hydrogens is 292 g/mol. The highest BCUT2D eigenvalue weighted by Crippen LogP contribution is 2.36. The van der Waals surface area contributed by atoms with Crippen molar-refractivity contribution in [2.75, 3.05) is 13.7 Å². The van der Waals surface area contributed by atoms with Gasteiger partial charge in [-0.25, -0.2) is 0 Å². The molecule has 2 heterocycles. The molecule has 1 aliphatic heterocycles. The second-order valence-corrected chi connectivity index (χ2v) is 6.06. The minimum Gasteiger partial charge on any atom is -0.504 e. The van der Waals surface area contributed by atoms with Crippen molar-refractivity contribution in [3.8, 4) is 11.5 Å². The van der Waals surface area contributed by atoms with Gasteiger partial charge in [-0.15, -0.1) is 0 Å². The molecule has 1 unspecified atom stereocenters. The highest BCUT2D eigenvalue weighted by molar-refractivity contribution is 5.45. The molecule has 1 aromatic carbocycles. The van der Waals surface area contributed by atoms with Gasteiger partial charge in [-0.3, -0.25) is 4.90 Å². The Morgan fingerprint density at radius 2 is 2.30 bits per heavy atom. The van der Waals surface area contributed by atoms with Gasteiger partial charge in [0.1, 0.15) is 11.5 Å². The molecule has 3 rings (SSSR count). The Hall–Kier alpha value is -2.01. The molecule has 1 N–H and O–H groups in total. The number of aryl methyl sites for hydroxylation is 1. The Labute approximate surface area is 136 Å². The highest BCUT2D eigenvalue weighted by atomic mass is 16.5. The quantitative estimate of drug-likeness (QED) is 0.881. The highest BCUT2D eigenvalue weighted by Gasteiger charge is 2.29. The lowest BCUT2D eigenvalue weighted by atomic mass is 10.1. The van der Waals surface area contributed by atoms with Gasteiger partial charge >= 0.3 is 0 Å². The number of ether oxygens (including phenoxy) is 1. The Kier molecular flexibility index (Phi) is 4.86. The molecule has 5 heteroatoms. The Morgan fingerprint density at radius 3 is 3.09 bits per heavy atom. The van der Waals surface area contributed by atoms with Crippen LogP contribution in [0.25, 0.3) is 0 Å². The fraction of sp³-hybridized carbons (Fsp3) is 0.500. The molecule has 0 radical (unpaired) electrons. The molecule has 1 atom stereocenters. The number of aromatic hydroxyl groups is 1. The van der Waals surface area contributed by atoms with E-state index in [0.717, 1.165) is 49.2 Å². The zero-order valence-electron chi connectivity index (χ0n) is 13.8. The Bertz CT molecular complexity index is 653. The van der Waals surface area contributed by atoms with E-state index in [4.69, 9.17) is 9.26 Å². The van der Waals surface area contributed by atoms with Crippen LogP contribution in [0.1, 0.15) is 49.2 Å². The fourth-order valence-electron chi connectivity index (χ4n) is 3.28. The van der Waals surface area contributed by atoms with Gasteiger partial charge in [0.05, 0.1) is 13.2 Å². The summed E-state index contributed by atoms with van der Waals surface area (Å²) in [4.78, 5) is 2.35. The van der Waals surface area contributed by atoms with E-state index in [2.05, 4.69) is 23.0 Å². The fourth-order valence-corrected chi connectivity index (χ4v) is 3.28. The van der Waals surface area contributed by atoms with E-state index >= 15 is 0 Å². The van der Waals surface area contributed by atoms with Crippen molar-refractivity contribution in [1.29, 1.82) is 0 Å². The Balaban J connectivity index is 1.76. The summed E-state index contributed by atoms with van der Waals surface area (Å²) in [6.07, 6.45) is 4.19. The third kappa shape index (κ3) is 3.34. The molecule has 1 aromatic heterocycles. The second kappa shape index (κ2) is 7.04. The minimum absolute atomic E-state index is 0.229. The van der Waals surface area contributed by atoms with Crippen LogP contribution in [0.15, 0.2) is 28.8 Å². The number of aromatic nitrogens is 1. The van der Waals surface area contributed by atoms with E-state index in [-0.39, 0.29) is 11.8 Å². The molecule has 2 aromatic rings. The number of para-hydroxylation sites is 1. The van der Waals surface area contributed by atoms with Gasteiger partial charge in [0.25, 0.3) is 0 Å². The smallest absolute Gasteiger partial charge is 0.162 e. The molecule has 1 fully saturated rings. The van der Waals surface area contributed by atoms with Crippen molar-refractivity contribution in [2.24, 2.45) is 0 Å². The van der Waals surface area contributed by atoms with Crippen LogP contribution in [0, 0.1) is 0 Å². The minimum atomic E-state index is 0.229. The molecule has 5 nitrogen and oxygen atoms in total. The van der Waals surface area contributed by atoms with Crippen LogP contribution in [0.4, 0.5) is 0 Å². The number of rotatable bonds is 6. The lowest BCUT2D eigenvalue weighted by Gasteiger charge is -2.23. The maximum Gasteiger partial charge on any atom is 0.162 e. The van der Waals surface area contributed by atoms with Crippen LogP contribution in [0.2, 0.25) is 0 Å². The van der Waals surface area contributed by atoms with Crippen LogP contribution in [0.5, 0.6) is 11.5 Å². The predicted molar refractivity (Wildman–Crippen MR) is 87.5 cm³/mol.